The quantitative estimate of drug-likeness (QED) is 0.369. The third-order valence-corrected chi connectivity index (χ3v) is 1.93. The van der Waals surface area contributed by atoms with Crippen LogP contribution >= 0.6 is 0 Å². The fourth-order valence-corrected chi connectivity index (χ4v) is 1.35. The van der Waals surface area contributed by atoms with E-state index in [4.69, 9.17) is 15.3 Å². The van der Waals surface area contributed by atoms with E-state index in [1.807, 2.05) is 0 Å². The number of rotatable bonds is 2. The minimum absolute atomic E-state index is 0.201. The van der Waals surface area contributed by atoms with Gasteiger partial charge in [-0.25, -0.2) is 0 Å². The van der Waals surface area contributed by atoms with Gasteiger partial charge in [0.2, 0.25) is 0 Å². The summed E-state index contributed by atoms with van der Waals surface area (Å²) in [6, 6.07) is -0.363. The number of nitrogens with one attached hydrogen (secondary N) is 1. The van der Waals surface area contributed by atoms with Crippen molar-refractivity contribution in [3.8, 4) is 0 Å². The van der Waals surface area contributed by atoms with E-state index >= 15 is 0 Å². The second-order valence-corrected chi connectivity index (χ2v) is 2.69. The molecule has 1 atom stereocenters. The van der Waals surface area contributed by atoms with Gasteiger partial charge in [0, 0.05) is 6.42 Å². The lowest BCUT2D eigenvalue weighted by molar-refractivity contribution is -0.171. The first-order valence-corrected chi connectivity index (χ1v) is 3.46. The molecular formula is C6H13NO3. The van der Waals surface area contributed by atoms with Crippen molar-refractivity contribution in [3.63, 3.8) is 0 Å². The highest BCUT2D eigenvalue weighted by Crippen LogP contribution is 2.26. The first-order chi connectivity index (χ1) is 4.67. The van der Waals surface area contributed by atoms with Crippen LogP contribution in [0.5, 0.6) is 0 Å². The van der Waals surface area contributed by atoms with Gasteiger partial charge in [-0.1, -0.05) is 0 Å². The van der Waals surface area contributed by atoms with Crippen molar-refractivity contribution in [2.75, 3.05) is 6.73 Å². The normalized spacial score (nSPS) is 30.9. The van der Waals surface area contributed by atoms with Gasteiger partial charge in [-0.15, -0.1) is 0 Å². The van der Waals surface area contributed by atoms with Gasteiger partial charge in [0.25, 0.3) is 0 Å². The predicted octanol–water partition coefficient (Wildman–Crippen LogP) is -1.24. The van der Waals surface area contributed by atoms with E-state index in [9.17, 15) is 0 Å². The fourth-order valence-electron chi connectivity index (χ4n) is 1.35. The lowest BCUT2D eigenvalue weighted by Crippen LogP contribution is -2.46. The Hall–Kier alpha value is -0.160. The van der Waals surface area contributed by atoms with E-state index in [0.29, 0.717) is 12.8 Å². The highest BCUT2D eigenvalue weighted by molar-refractivity contribution is 4.87. The number of hydrogen-bond acceptors (Lipinski definition) is 4. The molecule has 0 spiro atoms. The zero-order chi connectivity index (χ0) is 7.61. The molecule has 4 heteroatoms. The van der Waals surface area contributed by atoms with E-state index < -0.39 is 5.79 Å². The van der Waals surface area contributed by atoms with Crippen LogP contribution in [0.4, 0.5) is 0 Å². The molecule has 0 aromatic rings. The summed E-state index contributed by atoms with van der Waals surface area (Å²) in [4.78, 5) is 0. The Morgan fingerprint density at radius 2 is 2.20 bits per heavy atom. The van der Waals surface area contributed by atoms with Gasteiger partial charge in [0.15, 0.2) is 5.79 Å². The van der Waals surface area contributed by atoms with Gasteiger partial charge in [0.1, 0.15) is 0 Å². The SMILES string of the molecule is OCNC1CCCC1(O)O. The first kappa shape index (κ1) is 7.94. The molecule has 4 N–H and O–H groups in total. The van der Waals surface area contributed by atoms with Crippen LogP contribution in [0.1, 0.15) is 19.3 Å². The van der Waals surface area contributed by atoms with Crippen molar-refractivity contribution < 1.29 is 15.3 Å². The van der Waals surface area contributed by atoms with Crippen LogP contribution in [-0.2, 0) is 0 Å². The Morgan fingerprint density at radius 1 is 1.50 bits per heavy atom. The van der Waals surface area contributed by atoms with Crippen LogP contribution in [0.15, 0.2) is 0 Å². The minimum Gasteiger partial charge on any atom is -0.381 e. The second-order valence-electron chi connectivity index (χ2n) is 2.69. The molecule has 1 aliphatic carbocycles. The maximum atomic E-state index is 9.17. The Kier molecular flexibility index (Phi) is 2.25. The Balaban J connectivity index is 2.43. The average molecular weight is 147 g/mol. The van der Waals surface area contributed by atoms with Gasteiger partial charge in [0.05, 0.1) is 12.8 Å². The van der Waals surface area contributed by atoms with E-state index in [-0.39, 0.29) is 12.8 Å². The van der Waals surface area contributed by atoms with Crippen LogP contribution in [0.25, 0.3) is 0 Å². The Labute approximate surface area is 59.5 Å². The molecule has 10 heavy (non-hydrogen) atoms. The highest BCUT2D eigenvalue weighted by atomic mass is 16.5. The molecule has 0 radical (unpaired) electrons. The third kappa shape index (κ3) is 1.46. The molecule has 1 unspecified atom stereocenters. The van der Waals surface area contributed by atoms with Crippen molar-refractivity contribution in [2.45, 2.75) is 31.1 Å². The van der Waals surface area contributed by atoms with Crippen molar-refractivity contribution in [1.82, 2.24) is 5.32 Å². The maximum absolute atomic E-state index is 9.17. The van der Waals surface area contributed by atoms with E-state index in [1.165, 1.54) is 0 Å². The lowest BCUT2D eigenvalue weighted by atomic mass is 10.2. The van der Waals surface area contributed by atoms with E-state index in [1.54, 1.807) is 0 Å². The second kappa shape index (κ2) is 2.84. The van der Waals surface area contributed by atoms with Crippen LogP contribution in [0, 0.1) is 0 Å². The standard InChI is InChI=1S/C6H13NO3/c8-4-7-5-2-1-3-6(5,9)10/h5,7-10H,1-4H2. The summed E-state index contributed by atoms with van der Waals surface area (Å²) >= 11 is 0. The molecule has 0 aliphatic heterocycles. The molecule has 0 amide bonds. The smallest absolute Gasteiger partial charge is 0.178 e. The van der Waals surface area contributed by atoms with Crippen LogP contribution < -0.4 is 5.32 Å². The molecule has 1 saturated carbocycles. The summed E-state index contributed by atoms with van der Waals surface area (Å²) < 4.78 is 0. The summed E-state index contributed by atoms with van der Waals surface area (Å²) in [6.07, 6.45) is 1.91. The molecule has 0 saturated heterocycles. The van der Waals surface area contributed by atoms with Crippen molar-refractivity contribution in [3.05, 3.63) is 0 Å². The zero-order valence-corrected chi connectivity index (χ0v) is 5.75. The van der Waals surface area contributed by atoms with Gasteiger partial charge >= 0.3 is 0 Å². The Morgan fingerprint density at radius 3 is 2.60 bits per heavy atom. The van der Waals surface area contributed by atoms with Gasteiger partial charge in [-0.05, 0) is 12.8 Å². The first-order valence-electron chi connectivity index (χ1n) is 3.46. The molecule has 1 rings (SSSR count). The molecule has 0 heterocycles. The topological polar surface area (TPSA) is 72.7 Å². The summed E-state index contributed by atoms with van der Waals surface area (Å²) in [6.45, 7) is -0.201. The summed E-state index contributed by atoms with van der Waals surface area (Å²) in [5.41, 5.74) is 0. The molecular weight excluding hydrogens is 134 g/mol. The monoisotopic (exact) mass is 147 g/mol. The zero-order valence-electron chi connectivity index (χ0n) is 5.75. The maximum Gasteiger partial charge on any atom is 0.178 e. The van der Waals surface area contributed by atoms with E-state index in [0.717, 1.165) is 6.42 Å². The van der Waals surface area contributed by atoms with Crippen LogP contribution in [0.3, 0.4) is 0 Å². The summed E-state index contributed by atoms with van der Waals surface area (Å²) in [5, 5.41) is 29.4. The number of aliphatic hydroxyl groups is 3. The van der Waals surface area contributed by atoms with Crippen molar-refractivity contribution >= 4 is 0 Å². The molecule has 4 nitrogen and oxygen atoms in total. The fraction of sp³-hybridized carbons (Fsp3) is 1.00. The van der Waals surface area contributed by atoms with Crippen molar-refractivity contribution in [2.24, 2.45) is 0 Å². The molecule has 0 aromatic heterocycles. The van der Waals surface area contributed by atoms with Crippen LogP contribution in [-0.4, -0.2) is 33.9 Å². The van der Waals surface area contributed by atoms with Gasteiger partial charge in [-0.3, -0.25) is 5.32 Å². The Bertz CT molecular complexity index is 116. The third-order valence-electron chi connectivity index (χ3n) is 1.93. The summed E-state index contributed by atoms with van der Waals surface area (Å²) in [7, 11) is 0. The highest BCUT2D eigenvalue weighted by Gasteiger charge is 2.38. The average Bonchev–Trinajstić information content (AvgIpc) is 2.13. The molecule has 1 fully saturated rings. The van der Waals surface area contributed by atoms with Crippen LogP contribution in [0.2, 0.25) is 0 Å². The lowest BCUT2D eigenvalue weighted by Gasteiger charge is -2.23. The van der Waals surface area contributed by atoms with Crippen molar-refractivity contribution in [1.29, 1.82) is 0 Å². The molecule has 60 valence electrons. The largest absolute Gasteiger partial charge is 0.381 e. The molecule has 0 aromatic carbocycles. The predicted molar refractivity (Wildman–Crippen MR) is 35.0 cm³/mol. The summed E-state index contributed by atoms with van der Waals surface area (Å²) in [5.74, 6) is -1.61. The number of aliphatic hydroxyl groups excluding tert-OH is 1. The van der Waals surface area contributed by atoms with E-state index in [2.05, 4.69) is 5.32 Å². The van der Waals surface area contributed by atoms with Gasteiger partial charge in [-0.2, -0.15) is 0 Å². The molecule has 0 bridgehead atoms. The molecule has 1 aliphatic rings. The van der Waals surface area contributed by atoms with Gasteiger partial charge < -0.3 is 15.3 Å². The minimum atomic E-state index is -1.61. The number of hydrogen-bond donors (Lipinski definition) is 4.